The molecule has 0 aromatic heterocycles. The molecule has 0 radical (unpaired) electrons. The zero-order chi connectivity index (χ0) is 13.9. The smallest absolute Gasteiger partial charge is 0.311 e. The lowest BCUT2D eigenvalue weighted by atomic mass is 9.84. The van der Waals surface area contributed by atoms with Gasteiger partial charge in [-0.1, -0.05) is 19.9 Å². The third kappa shape index (κ3) is 4.23. The number of ether oxygens (including phenoxy) is 1. The molecule has 0 saturated carbocycles. The Bertz CT molecular complexity index is 323. The second-order valence-electron chi connectivity index (χ2n) is 5.42. The number of aliphatic hydroxyl groups is 1. The molecule has 5 atom stereocenters. The third-order valence-corrected chi connectivity index (χ3v) is 4.06. The van der Waals surface area contributed by atoms with Crippen molar-refractivity contribution in [1.29, 1.82) is 0 Å². The molecule has 18 heavy (non-hydrogen) atoms. The Morgan fingerprint density at radius 2 is 2.17 bits per heavy atom. The SMILES string of the molecule is C/C(I)=C\[C@@H](C)CC[C@H]1OC(=O)[C@H](C)[C@@H](O)[C@H]1C. The van der Waals surface area contributed by atoms with Crippen LogP contribution in [0.3, 0.4) is 0 Å². The lowest BCUT2D eigenvalue weighted by Crippen LogP contribution is -2.46. The Morgan fingerprint density at radius 1 is 1.56 bits per heavy atom. The molecule has 0 aromatic carbocycles. The van der Waals surface area contributed by atoms with Crippen LogP contribution in [0.2, 0.25) is 0 Å². The lowest BCUT2D eigenvalue weighted by molar-refractivity contribution is -0.178. The van der Waals surface area contributed by atoms with E-state index in [0.717, 1.165) is 12.8 Å². The van der Waals surface area contributed by atoms with E-state index >= 15 is 0 Å². The van der Waals surface area contributed by atoms with Crippen molar-refractivity contribution in [3.63, 3.8) is 0 Å². The van der Waals surface area contributed by atoms with Crippen LogP contribution in [-0.4, -0.2) is 23.3 Å². The van der Waals surface area contributed by atoms with Crippen molar-refractivity contribution < 1.29 is 14.6 Å². The van der Waals surface area contributed by atoms with Gasteiger partial charge in [0.2, 0.25) is 0 Å². The van der Waals surface area contributed by atoms with Gasteiger partial charge in [-0.15, -0.1) is 0 Å². The van der Waals surface area contributed by atoms with Gasteiger partial charge < -0.3 is 9.84 Å². The minimum Gasteiger partial charge on any atom is -0.462 e. The van der Waals surface area contributed by atoms with Crippen LogP contribution >= 0.6 is 22.6 Å². The molecule has 0 bridgehead atoms. The summed E-state index contributed by atoms with van der Waals surface area (Å²) in [6.45, 7) is 7.93. The predicted octanol–water partition coefficient (Wildman–Crippen LogP) is 3.30. The van der Waals surface area contributed by atoms with Gasteiger partial charge in [0.1, 0.15) is 6.10 Å². The predicted molar refractivity (Wildman–Crippen MR) is 80.4 cm³/mol. The zero-order valence-electron chi connectivity index (χ0n) is 11.5. The molecule has 0 unspecified atom stereocenters. The van der Waals surface area contributed by atoms with Crippen LogP contribution in [-0.2, 0) is 9.53 Å². The number of hydrogen-bond donors (Lipinski definition) is 1. The van der Waals surface area contributed by atoms with E-state index in [4.69, 9.17) is 4.74 Å². The largest absolute Gasteiger partial charge is 0.462 e. The molecule has 1 heterocycles. The first-order valence-electron chi connectivity index (χ1n) is 6.55. The van der Waals surface area contributed by atoms with Gasteiger partial charge in [-0.3, -0.25) is 4.79 Å². The van der Waals surface area contributed by atoms with Crippen LogP contribution in [0.1, 0.15) is 40.5 Å². The van der Waals surface area contributed by atoms with E-state index in [1.54, 1.807) is 6.92 Å². The molecule has 1 aliphatic heterocycles. The molecule has 0 amide bonds. The molecular weight excluding hydrogens is 343 g/mol. The minimum atomic E-state index is -0.576. The summed E-state index contributed by atoms with van der Waals surface area (Å²) in [5.74, 6) is -0.164. The van der Waals surface area contributed by atoms with Gasteiger partial charge in [0.15, 0.2) is 0 Å². The second kappa shape index (κ2) is 6.89. The molecule has 1 rings (SSSR count). The molecule has 1 aliphatic rings. The summed E-state index contributed by atoms with van der Waals surface area (Å²) in [5.41, 5.74) is 0. The van der Waals surface area contributed by atoms with E-state index in [0.29, 0.717) is 5.92 Å². The van der Waals surface area contributed by atoms with Crippen molar-refractivity contribution in [2.45, 2.75) is 52.7 Å². The van der Waals surface area contributed by atoms with Crippen LogP contribution in [0.15, 0.2) is 9.66 Å². The number of esters is 1. The van der Waals surface area contributed by atoms with Crippen LogP contribution < -0.4 is 0 Å². The summed E-state index contributed by atoms with van der Waals surface area (Å²) in [6, 6.07) is 0. The molecular formula is C14H23IO3. The van der Waals surface area contributed by atoms with E-state index in [9.17, 15) is 9.90 Å². The van der Waals surface area contributed by atoms with Crippen molar-refractivity contribution in [3.8, 4) is 0 Å². The Balaban J connectivity index is 2.52. The fraction of sp³-hybridized carbons (Fsp3) is 0.786. The van der Waals surface area contributed by atoms with Crippen LogP contribution in [0.5, 0.6) is 0 Å². The van der Waals surface area contributed by atoms with E-state index < -0.39 is 12.0 Å². The Labute approximate surface area is 123 Å². The summed E-state index contributed by atoms with van der Waals surface area (Å²) in [7, 11) is 0. The van der Waals surface area contributed by atoms with Crippen molar-refractivity contribution in [1.82, 2.24) is 0 Å². The van der Waals surface area contributed by atoms with Gasteiger partial charge >= 0.3 is 5.97 Å². The quantitative estimate of drug-likeness (QED) is 0.614. The highest BCUT2D eigenvalue weighted by Gasteiger charge is 2.39. The molecule has 3 nitrogen and oxygen atoms in total. The van der Waals surface area contributed by atoms with Gasteiger partial charge in [0, 0.05) is 5.92 Å². The van der Waals surface area contributed by atoms with Crippen LogP contribution in [0, 0.1) is 17.8 Å². The summed E-state index contributed by atoms with van der Waals surface area (Å²) >= 11 is 2.30. The summed E-state index contributed by atoms with van der Waals surface area (Å²) in [4.78, 5) is 11.6. The van der Waals surface area contributed by atoms with Gasteiger partial charge in [-0.25, -0.2) is 0 Å². The second-order valence-corrected chi connectivity index (χ2v) is 7.12. The van der Waals surface area contributed by atoms with Crippen LogP contribution in [0.4, 0.5) is 0 Å². The highest BCUT2D eigenvalue weighted by molar-refractivity contribution is 14.1. The summed E-state index contributed by atoms with van der Waals surface area (Å²) in [5, 5.41) is 9.98. The first-order chi connectivity index (χ1) is 8.32. The molecule has 4 heteroatoms. The fourth-order valence-corrected chi connectivity index (χ4v) is 3.02. The molecule has 104 valence electrons. The van der Waals surface area contributed by atoms with Gasteiger partial charge in [-0.05, 0) is 58.8 Å². The molecule has 1 saturated heterocycles. The van der Waals surface area contributed by atoms with Gasteiger partial charge in [-0.2, -0.15) is 0 Å². The van der Waals surface area contributed by atoms with E-state index in [1.165, 1.54) is 3.58 Å². The summed E-state index contributed by atoms with van der Waals surface area (Å²) < 4.78 is 6.70. The number of cyclic esters (lactones) is 1. The maximum atomic E-state index is 11.6. The fourth-order valence-electron chi connectivity index (χ4n) is 2.40. The molecule has 1 N–H and O–H groups in total. The number of allylic oxidation sites excluding steroid dienone is 2. The van der Waals surface area contributed by atoms with Crippen molar-refractivity contribution >= 4 is 28.6 Å². The number of halogens is 1. The van der Waals surface area contributed by atoms with Crippen molar-refractivity contribution in [3.05, 3.63) is 9.66 Å². The van der Waals surface area contributed by atoms with Crippen LogP contribution in [0.25, 0.3) is 0 Å². The summed E-state index contributed by atoms with van der Waals surface area (Å²) in [6.07, 6.45) is 3.29. The Hall–Kier alpha value is -0.100. The minimum absolute atomic E-state index is 0.0228. The van der Waals surface area contributed by atoms with Gasteiger partial charge in [0.25, 0.3) is 0 Å². The standard InChI is InChI=1S/C14H23IO3/c1-8(7-9(2)15)5-6-12-10(3)13(16)11(4)14(17)18-12/h7-8,10-13,16H,5-6H2,1-4H3/b9-7+/t8-,10-,11+,12+,13-/m0/s1. The topological polar surface area (TPSA) is 46.5 Å². The maximum Gasteiger partial charge on any atom is 0.311 e. The van der Waals surface area contributed by atoms with E-state index in [2.05, 4.69) is 42.5 Å². The number of hydrogen-bond acceptors (Lipinski definition) is 3. The normalized spacial score (nSPS) is 35.2. The molecule has 0 spiro atoms. The number of carbonyl (C=O) groups is 1. The van der Waals surface area contributed by atoms with Gasteiger partial charge in [0.05, 0.1) is 12.0 Å². The Morgan fingerprint density at radius 3 is 2.72 bits per heavy atom. The maximum absolute atomic E-state index is 11.6. The van der Waals surface area contributed by atoms with Crippen molar-refractivity contribution in [2.75, 3.05) is 0 Å². The number of aliphatic hydroxyl groups excluding tert-OH is 1. The lowest BCUT2D eigenvalue weighted by Gasteiger charge is -2.36. The molecule has 0 aromatic rings. The third-order valence-electron chi connectivity index (χ3n) is 3.70. The highest BCUT2D eigenvalue weighted by Crippen LogP contribution is 2.30. The monoisotopic (exact) mass is 366 g/mol. The Kier molecular flexibility index (Phi) is 6.11. The number of carbonyl (C=O) groups excluding carboxylic acids is 1. The van der Waals surface area contributed by atoms with E-state index in [1.807, 2.05) is 6.92 Å². The number of rotatable bonds is 4. The highest BCUT2D eigenvalue weighted by atomic mass is 127. The average Bonchev–Trinajstić information content (AvgIpc) is 2.28. The first kappa shape index (κ1) is 16.0. The molecule has 0 aliphatic carbocycles. The first-order valence-corrected chi connectivity index (χ1v) is 7.63. The average molecular weight is 366 g/mol. The molecule has 1 fully saturated rings. The zero-order valence-corrected chi connectivity index (χ0v) is 13.7. The van der Waals surface area contributed by atoms with E-state index in [-0.39, 0.29) is 18.0 Å². The van der Waals surface area contributed by atoms with Crippen molar-refractivity contribution in [2.24, 2.45) is 17.8 Å².